The summed E-state index contributed by atoms with van der Waals surface area (Å²) in [5, 5.41) is -0.649. The van der Waals surface area contributed by atoms with E-state index in [4.69, 9.17) is 0 Å². The molecule has 0 aromatic heterocycles. The van der Waals surface area contributed by atoms with Gasteiger partial charge in [0.2, 0.25) is 0 Å². The van der Waals surface area contributed by atoms with Crippen molar-refractivity contribution in [2.45, 2.75) is 97.7 Å². The van der Waals surface area contributed by atoms with Gasteiger partial charge in [-0.1, -0.05) is 98.7 Å². The van der Waals surface area contributed by atoms with Crippen molar-refractivity contribution in [3.63, 3.8) is 0 Å². The maximum atomic E-state index is 11.2. The van der Waals surface area contributed by atoms with E-state index in [1.807, 2.05) is 6.92 Å². The van der Waals surface area contributed by atoms with Gasteiger partial charge in [-0.15, -0.1) is 0 Å². The molecule has 2 aromatic carbocycles. The molecule has 0 spiro atoms. The van der Waals surface area contributed by atoms with E-state index in [1.165, 1.54) is 11.1 Å². The molecule has 0 amide bonds. The molecule has 0 aliphatic heterocycles. The standard InChI is InChI=1S/C20H26I.C10H18O3S/c1-19(2,3)15-11-7-9-13-17(15)21-18-14-10-8-12-16(18)20(4,5)6;1-9(2)7-4-5-10(9,3)8(6-7)14(11,12)13/h7-14H,1-6H3;7-8H,4-6H2,1-3H3,(H,11,12,13)/q+1;/p-1. The average molecular weight is 611 g/mol. The van der Waals surface area contributed by atoms with Crippen LogP contribution in [-0.2, 0) is 20.9 Å². The smallest absolute Gasteiger partial charge is 0.358 e. The van der Waals surface area contributed by atoms with Gasteiger partial charge in [0.1, 0.15) is 0 Å². The summed E-state index contributed by atoms with van der Waals surface area (Å²) in [4.78, 5) is 0. The number of hydrogen-bond donors (Lipinski definition) is 0. The fourth-order valence-electron chi connectivity index (χ4n) is 5.98. The first-order chi connectivity index (χ1) is 15.9. The molecule has 2 aliphatic rings. The first-order valence-corrected chi connectivity index (χ1v) is 16.3. The van der Waals surface area contributed by atoms with Crippen LogP contribution in [0.5, 0.6) is 0 Å². The van der Waals surface area contributed by atoms with Crippen molar-refractivity contribution >= 4 is 10.1 Å². The van der Waals surface area contributed by atoms with Gasteiger partial charge < -0.3 is 4.55 Å². The fraction of sp³-hybridized carbons (Fsp3) is 0.600. The largest absolute Gasteiger partial charge is 0.748 e. The summed E-state index contributed by atoms with van der Waals surface area (Å²) < 4.78 is 36.6. The zero-order valence-electron chi connectivity index (χ0n) is 22.9. The Morgan fingerprint density at radius 2 is 1.26 bits per heavy atom. The molecular weight excluding hydrogens is 567 g/mol. The van der Waals surface area contributed by atoms with E-state index < -0.39 is 15.4 Å². The summed E-state index contributed by atoms with van der Waals surface area (Å²) in [6, 6.07) is 18.0. The number of halogens is 1. The molecule has 0 saturated heterocycles. The second kappa shape index (κ2) is 9.75. The predicted molar refractivity (Wildman–Crippen MR) is 140 cm³/mol. The summed E-state index contributed by atoms with van der Waals surface area (Å²) in [5.74, 6) is 0.418. The minimum atomic E-state index is -4.11. The number of fused-ring (bicyclic) bond motifs is 2. The van der Waals surface area contributed by atoms with Crippen molar-refractivity contribution in [2.24, 2.45) is 16.7 Å². The first kappa shape index (κ1) is 28.6. The molecule has 0 radical (unpaired) electrons. The normalized spacial score (nSPS) is 25.8. The Hall–Kier alpha value is -0.920. The summed E-state index contributed by atoms with van der Waals surface area (Å²) >= 11 is -0.147. The van der Waals surface area contributed by atoms with E-state index in [2.05, 4.69) is 104 Å². The lowest BCUT2D eigenvalue weighted by Gasteiger charge is -2.39. The molecule has 3 atom stereocenters. The zero-order chi connectivity index (χ0) is 26.4. The molecule has 3 nitrogen and oxygen atoms in total. The second-order valence-electron chi connectivity index (χ2n) is 13.1. The highest BCUT2D eigenvalue weighted by molar-refractivity contribution is 7.86. The van der Waals surface area contributed by atoms with E-state index in [9.17, 15) is 13.0 Å². The molecule has 2 fully saturated rings. The van der Waals surface area contributed by atoms with Gasteiger partial charge in [-0.05, 0) is 59.0 Å². The lowest BCUT2D eigenvalue weighted by molar-refractivity contribution is -0.599. The van der Waals surface area contributed by atoms with Crippen LogP contribution in [0.25, 0.3) is 0 Å². The third-order valence-electron chi connectivity index (χ3n) is 8.63. The Balaban J connectivity index is 0.000000211. The maximum absolute atomic E-state index is 11.2. The minimum Gasteiger partial charge on any atom is -0.748 e. The van der Waals surface area contributed by atoms with Gasteiger partial charge in [0.25, 0.3) is 0 Å². The van der Waals surface area contributed by atoms with Gasteiger partial charge in [-0.25, -0.2) is 8.42 Å². The van der Waals surface area contributed by atoms with E-state index in [0.717, 1.165) is 12.8 Å². The van der Waals surface area contributed by atoms with Gasteiger partial charge in [0.05, 0.1) is 15.4 Å². The van der Waals surface area contributed by atoms with Crippen LogP contribution in [0.4, 0.5) is 0 Å². The summed E-state index contributed by atoms with van der Waals surface area (Å²) in [6.07, 6.45) is 2.54. The highest BCUT2D eigenvalue weighted by Gasteiger charge is 2.63. The molecule has 2 aromatic rings. The third-order valence-corrected chi connectivity index (χ3v) is 13.1. The molecular formula is C30H43IO3S. The van der Waals surface area contributed by atoms with E-state index in [0.29, 0.717) is 12.3 Å². The third kappa shape index (κ3) is 5.82. The van der Waals surface area contributed by atoms with Crippen LogP contribution in [0.2, 0.25) is 0 Å². The number of benzene rings is 2. The average Bonchev–Trinajstić information content (AvgIpc) is 3.07. The lowest BCUT2D eigenvalue weighted by atomic mass is 9.71. The van der Waals surface area contributed by atoms with E-state index in [1.54, 1.807) is 7.14 Å². The fourth-order valence-corrected chi connectivity index (χ4v) is 11.5. The van der Waals surface area contributed by atoms with Crippen molar-refractivity contribution in [2.75, 3.05) is 0 Å². The van der Waals surface area contributed by atoms with Crippen molar-refractivity contribution in [1.29, 1.82) is 0 Å². The maximum Gasteiger partial charge on any atom is 0.358 e. The van der Waals surface area contributed by atoms with Gasteiger partial charge in [0, 0.05) is 11.1 Å². The van der Waals surface area contributed by atoms with Gasteiger partial charge >= 0.3 is 21.2 Å². The molecule has 2 aliphatic carbocycles. The molecule has 35 heavy (non-hydrogen) atoms. The van der Waals surface area contributed by atoms with Crippen molar-refractivity contribution in [3.8, 4) is 0 Å². The van der Waals surface area contributed by atoms with Crippen LogP contribution in [0, 0.1) is 23.9 Å². The lowest BCUT2D eigenvalue weighted by Crippen LogP contribution is -3.62. The predicted octanol–water partition coefficient (Wildman–Crippen LogP) is 4.16. The highest BCUT2D eigenvalue weighted by Crippen LogP contribution is 2.66. The summed E-state index contributed by atoms with van der Waals surface area (Å²) in [5.41, 5.74) is 3.15. The Morgan fingerprint density at radius 3 is 1.54 bits per heavy atom. The number of hydrogen-bond acceptors (Lipinski definition) is 3. The van der Waals surface area contributed by atoms with Crippen LogP contribution in [0.1, 0.15) is 92.7 Å². The van der Waals surface area contributed by atoms with Crippen molar-refractivity contribution in [3.05, 3.63) is 66.8 Å². The van der Waals surface area contributed by atoms with Crippen LogP contribution in [0.3, 0.4) is 0 Å². The van der Waals surface area contributed by atoms with Crippen LogP contribution in [-0.4, -0.2) is 18.2 Å². The topological polar surface area (TPSA) is 57.2 Å². The molecule has 5 heteroatoms. The van der Waals surface area contributed by atoms with Gasteiger partial charge in [-0.2, -0.15) is 0 Å². The number of rotatable bonds is 3. The van der Waals surface area contributed by atoms with Crippen molar-refractivity contribution < 1.29 is 34.2 Å². The molecule has 2 bridgehead atoms. The van der Waals surface area contributed by atoms with Gasteiger partial charge in [0.15, 0.2) is 7.14 Å². The Kier molecular flexibility index (Phi) is 7.98. The summed E-state index contributed by atoms with van der Waals surface area (Å²) in [6.45, 7) is 20.1. The summed E-state index contributed by atoms with van der Waals surface area (Å²) in [7, 11) is -4.11. The quantitative estimate of drug-likeness (QED) is 0.388. The molecule has 4 rings (SSSR count). The highest BCUT2D eigenvalue weighted by atomic mass is 127. The SMILES string of the molecule is CC(C)(C)c1ccccc1[I+]c1ccccc1C(C)(C)C.CC1(C)C2CCC1(C)C(S(=O)(=O)[O-])C2. The van der Waals surface area contributed by atoms with Crippen LogP contribution >= 0.6 is 0 Å². The monoisotopic (exact) mass is 610 g/mol. The first-order valence-electron chi connectivity index (χ1n) is 12.7. The van der Waals surface area contributed by atoms with Crippen LogP contribution < -0.4 is 21.2 Å². The zero-order valence-corrected chi connectivity index (χ0v) is 25.9. The van der Waals surface area contributed by atoms with E-state index in [-0.39, 0.29) is 42.9 Å². The Bertz CT molecular complexity index is 1100. The van der Waals surface area contributed by atoms with Gasteiger partial charge in [-0.3, -0.25) is 0 Å². The van der Waals surface area contributed by atoms with Crippen molar-refractivity contribution in [1.82, 2.24) is 0 Å². The molecule has 0 N–H and O–H groups in total. The van der Waals surface area contributed by atoms with Crippen LogP contribution in [0.15, 0.2) is 48.5 Å². The molecule has 2 saturated carbocycles. The molecule has 0 heterocycles. The Morgan fingerprint density at radius 1 is 0.829 bits per heavy atom. The molecule has 3 unspecified atom stereocenters. The minimum absolute atomic E-state index is 0.00907. The van der Waals surface area contributed by atoms with E-state index >= 15 is 0 Å². The Labute approximate surface area is 224 Å². The molecule has 194 valence electrons. The second-order valence-corrected chi connectivity index (χ2v) is 17.6.